The second-order valence-electron chi connectivity index (χ2n) is 5.31. The first-order valence-corrected chi connectivity index (χ1v) is 7.91. The molecule has 0 aliphatic carbocycles. The third-order valence-electron chi connectivity index (χ3n) is 3.24. The molecule has 0 saturated heterocycles. The van der Waals surface area contributed by atoms with Crippen LogP contribution in [0.25, 0.3) is 11.4 Å². The fourth-order valence-electron chi connectivity index (χ4n) is 1.63. The first-order chi connectivity index (χ1) is 9.21. The van der Waals surface area contributed by atoms with Crippen LogP contribution >= 0.6 is 0 Å². The van der Waals surface area contributed by atoms with Gasteiger partial charge in [0.05, 0.1) is 11.3 Å². The monoisotopic (exact) mass is 295 g/mol. The van der Waals surface area contributed by atoms with Crippen LogP contribution in [0.4, 0.5) is 5.69 Å². The third-order valence-corrected chi connectivity index (χ3v) is 5.37. The molecule has 0 amide bonds. The summed E-state index contributed by atoms with van der Waals surface area (Å²) in [5, 5.41) is 11.4. The summed E-state index contributed by atoms with van der Waals surface area (Å²) in [6, 6.07) is 7.09. The average Bonchev–Trinajstić information content (AvgIpc) is 2.76. The van der Waals surface area contributed by atoms with Crippen molar-refractivity contribution < 1.29 is 8.42 Å². The molecule has 2 aromatic rings. The molecule has 2 N–H and O–H groups in total. The molecule has 2 rings (SSSR count). The quantitative estimate of drug-likeness (QED) is 0.834. The van der Waals surface area contributed by atoms with Crippen molar-refractivity contribution in [1.82, 2.24) is 20.2 Å². The summed E-state index contributed by atoms with van der Waals surface area (Å²) in [4.78, 5) is 0. The predicted molar refractivity (Wildman–Crippen MR) is 76.6 cm³/mol. The van der Waals surface area contributed by atoms with Gasteiger partial charge in [-0.05, 0) is 48.5 Å². The lowest BCUT2D eigenvalue weighted by Gasteiger charge is -2.22. The first-order valence-electron chi connectivity index (χ1n) is 6.02. The molecular weight excluding hydrogens is 278 g/mol. The van der Waals surface area contributed by atoms with Crippen molar-refractivity contribution in [3.05, 3.63) is 24.3 Å². The number of rotatable bonds is 4. The second kappa shape index (κ2) is 4.86. The summed E-state index contributed by atoms with van der Waals surface area (Å²) >= 11 is 0. The Labute approximate surface area is 117 Å². The van der Waals surface area contributed by atoms with E-state index in [0.29, 0.717) is 11.5 Å². The molecule has 0 fully saturated rings. The lowest BCUT2D eigenvalue weighted by molar-refractivity contribution is 0.471. The van der Waals surface area contributed by atoms with Crippen LogP contribution in [-0.4, -0.2) is 39.6 Å². The Hall–Kier alpha value is -1.96. The maximum absolute atomic E-state index is 11.8. The van der Waals surface area contributed by atoms with Crippen LogP contribution in [0, 0.1) is 0 Å². The van der Waals surface area contributed by atoms with Crippen molar-refractivity contribution >= 4 is 15.5 Å². The van der Waals surface area contributed by atoms with E-state index in [0.717, 1.165) is 5.56 Å². The second-order valence-corrected chi connectivity index (χ2v) is 7.96. The van der Waals surface area contributed by atoms with Crippen LogP contribution in [0.5, 0.6) is 0 Å². The van der Waals surface area contributed by atoms with E-state index in [4.69, 9.17) is 5.73 Å². The van der Waals surface area contributed by atoms with E-state index in [1.807, 2.05) is 0 Å². The molecule has 108 valence electrons. The number of tetrazole rings is 1. The highest BCUT2D eigenvalue weighted by atomic mass is 32.2. The van der Waals surface area contributed by atoms with Gasteiger partial charge in [0.2, 0.25) is 0 Å². The number of hydrogen-bond acceptors (Lipinski definition) is 6. The molecule has 0 spiro atoms. The molecule has 20 heavy (non-hydrogen) atoms. The van der Waals surface area contributed by atoms with E-state index in [1.54, 1.807) is 38.1 Å². The highest BCUT2D eigenvalue weighted by Gasteiger charge is 2.32. The summed E-state index contributed by atoms with van der Waals surface area (Å²) in [6.45, 7) is 3.48. The number of benzene rings is 1. The van der Waals surface area contributed by atoms with Crippen LogP contribution in [0.2, 0.25) is 0 Å². The number of nitrogens with two attached hydrogens (primary N) is 1. The summed E-state index contributed by atoms with van der Waals surface area (Å²) < 4.78 is 24.1. The fraction of sp³-hybridized carbons (Fsp3) is 0.417. The summed E-state index contributed by atoms with van der Waals surface area (Å²) in [5.74, 6) is 0.515. The summed E-state index contributed by atoms with van der Waals surface area (Å²) in [7, 11) is -3.22. The van der Waals surface area contributed by atoms with E-state index in [9.17, 15) is 8.42 Å². The van der Waals surface area contributed by atoms with Gasteiger partial charge in [-0.2, -0.15) is 0 Å². The first kappa shape index (κ1) is 14.4. The van der Waals surface area contributed by atoms with E-state index >= 15 is 0 Å². The minimum absolute atomic E-state index is 0.179. The van der Waals surface area contributed by atoms with Crippen LogP contribution in [0.15, 0.2) is 24.3 Å². The molecule has 0 aliphatic rings. The Morgan fingerprint density at radius 1 is 1.25 bits per heavy atom. The van der Waals surface area contributed by atoms with Gasteiger partial charge in [-0.3, -0.25) is 0 Å². The van der Waals surface area contributed by atoms with Crippen LogP contribution in [0.1, 0.15) is 13.8 Å². The maximum atomic E-state index is 11.8. The number of nitrogen functional groups attached to an aromatic ring is 1. The smallest absolute Gasteiger partial charge is 0.182 e. The van der Waals surface area contributed by atoms with Crippen LogP contribution < -0.4 is 5.73 Å². The zero-order chi connectivity index (χ0) is 15.0. The predicted octanol–water partition coefficient (Wildman–Crippen LogP) is 0.746. The molecule has 0 unspecified atom stereocenters. The number of sulfone groups is 1. The highest BCUT2D eigenvalue weighted by Crippen LogP contribution is 2.22. The van der Waals surface area contributed by atoms with Crippen molar-refractivity contribution in [2.45, 2.75) is 25.1 Å². The minimum Gasteiger partial charge on any atom is -0.399 e. The number of aromatic nitrogens is 4. The van der Waals surface area contributed by atoms with Gasteiger partial charge in [-0.15, -0.1) is 5.10 Å². The number of anilines is 1. The van der Waals surface area contributed by atoms with E-state index < -0.39 is 14.6 Å². The molecule has 0 radical (unpaired) electrons. The van der Waals surface area contributed by atoms with E-state index in [2.05, 4.69) is 15.5 Å². The average molecular weight is 295 g/mol. The third kappa shape index (κ3) is 2.79. The molecular formula is C12H17N5O2S. The van der Waals surface area contributed by atoms with Gasteiger partial charge in [0.1, 0.15) is 0 Å². The highest BCUT2D eigenvalue weighted by molar-refractivity contribution is 7.92. The van der Waals surface area contributed by atoms with Gasteiger partial charge in [0.15, 0.2) is 15.7 Å². The molecule has 1 heterocycles. The van der Waals surface area contributed by atoms with E-state index in [1.165, 1.54) is 10.9 Å². The van der Waals surface area contributed by atoms with Crippen molar-refractivity contribution in [2.24, 2.45) is 0 Å². The van der Waals surface area contributed by atoms with E-state index in [-0.39, 0.29) is 6.54 Å². The number of hydrogen-bond donors (Lipinski definition) is 1. The Bertz CT molecular complexity index is 704. The Balaban J connectivity index is 2.37. The van der Waals surface area contributed by atoms with Gasteiger partial charge < -0.3 is 5.73 Å². The van der Waals surface area contributed by atoms with Gasteiger partial charge in [-0.25, -0.2) is 13.1 Å². The SMILES string of the molecule is CC(C)(Cn1nnnc1-c1ccc(N)cc1)S(C)(=O)=O. The van der Waals surface area contributed by atoms with Crippen LogP contribution in [-0.2, 0) is 16.4 Å². The van der Waals surface area contributed by atoms with Crippen LogP contribution in [0.3, 0.4) is 0 Å². The Morgan fingerprint density at radius 3 is 2.40 bits per heavy atom. The summed E-state index contributed by atoms with van der Waals surface area (Å²) in [5.41, 5.74) is 7.07. The molecule has 1 aromatic heterocycles. The zero-order valence-electron chi connectivity index (χ0n) is 11.6. The molecule has 7 nitrogen and oxygen atoms in total. The van der Waals surface area contributed by atoms with Crippen molar-refractivity contribution in [3.8, 4) is 11.4 Å². The number of nitrogens with zero attached hydrogens (tertiary/aromatic N) is 4. The lowest BCUT2D eigenvalue weighted by atomic mass is 10.1. The normalized spacial score (nSPS) is 12.6. The van der Waals surface area contributed by atoms with Gasteiger partial charge in [-0.1, -0.05) is 0 Å². The van der Waals surface area contributed by atoms with Gasteiger partial charge in [0.25, 0.3) is 0 Å². The summed E-state index contributed by atoms with van der Waals surface area (Å²) in [6.07, 6.45) is 1.21. The lowest BCUT2D eigenvalue weighted by Crippen LogP contribution is -2.36. The van der Waals surface area contributed by atoms with Crippen molar-refractivity contribution in [3.63, 3.8) is 0 Å². The molecule has 0 atom stereocenters. The topological polar surface area (TPSA) is 104 Å². The van der Waals surface area contributed by atoms with Crippen molar-refractivity contribution in [1.29, 1.82) is 0 Å². The maximum Gasteiger partial charge on any atom is 0.182 e. The molecule has 1 aromatic carbocycles. The largest absolute Gasteiger partial charge is 0.399 e. The van der Waals surface area contributed by atoms with Crippen molar-refractivity contribution in [2.75, 3.05) is 12.0 Å². The van der Waals surface area contributed by atoms with Gasteiger partial charge >= 0.3 is 0 Å². The fourth-order valence-corrected chi connectivity index (χ4v) is 1.98. The molecule has 0 bridgehead atoms. The minimum atomic E-state index is -3.22. The zero-order valence-corrected chi connectivity index (χ0v) is 12.4. The standard InChI is InChI=1S/C12H17N5O2S/c1-12(2,20(3,18)19)8-17-11(14-15-16-17)9-4-6-10(13)7-5-9/h4-7H,8,13H2,1-3H3. The van der Waals surface area contributed by atoms with Gasteiger partial charge in [0, 0.05) is 17.5 Å². The molecule has 0 aliphatic heterocycles. The Morgan fingerprint density at radius 2 is 1.85 bits per heavy atom. The molecule has 0 saturated carbocycles. The Kier molecular flexibility index (Phi) is 3.51. The molecule has 8 heteroatoms.